The predicted molar refractivity (Wildman–Crippen MR) is 127 cm³/mol. The number of hydrogen-bond acceptors (Lipinski definition) is 2. The van der Waals surface area contributed by atoms with Gasteiger partial charge in [0.05, 0.1) is 0 Å². The van der Waals surface area contributed by atoms with Crippen LogP contribution in [0.5, 0.6) is 11.5 Å². The first-order valence-corrected chi connectivity index (χ1v) is 10.9. The number of anilines is 1. The van der Waals surface area contributed by atoms with Crippen LogP contribution < -0.4 is 9.64 Å². The molecule has 0 atom stereocenters. The van der Waals surface area contributed by atoms with Crippen LogP contribution in [0.3, 0.4) is 0 Å². The molecule has 6 rings (SSSR count). The molecule has 0 radical (unpaired) electrons. The number of para-hydroxylation sites is 1. The number of nitrogens with zero attached hydrogens (tertiary/aromatic N) is 1. The number of amides is 1. The maximum atomic E-state index is 14.1. The Bertz CT molecular complexity index is 1370. The molecule has 0 saturated carbocycles. The average Bonchev–Trinajstić information content (AvgIpc) is 3.03. The Balaban J connectivity index is 1.81. The fraction of sp³-hybridized carbons (Fsp3) is 0.138. The van der Waals surface area contributed by atoms with Crippen molar-refractivity contribution in [3.63, 3.8) is 0 Å². The summed E-state index contributed by atoms with van der Waals surface area (Å²) in [4.78, 5) is 16.0. The van der Waals surface area contributed by atoms with Gasteiger partial charge in [-0.25, -0.2) is 0 Å². The molecule has 0 N–H and O–H groups in total. The van der Waals surface area contributed by atoms with E-state index in [0.717, 1.165) is 56.1 Å². The van der Waals surface area contributed by atoms with E-state index in [4.69, 9.17) is 4.74 Å². The number of carbonyl (C=O) groups is 1. The van der Waals surface area contributed by atoms with Gasteiger partial charge in [-0.3, -0.25) is 9.69 Å². The molecule has 0 bridgehead atoms. The third-order valence-electron chi connectivity index (χ3n) is 6.72. The zero-order valence-corrected chi connectivity index (χ0v) is 18.3. The van der Waals surface area contributed by atoms with Crippen LogP contribution >= 0.6 is 0 Å². The molecule has 0 unspecified atom stereocenters. The van der Waals surface area contributed by atoms with Crippen LogP contribution in [-0.4, -0.2) is 5.91 Å². The second kappa shape index (κ2) is 6.57. The fourth-order valence-corrected chi connectivity index (χ4v) is 5.30. The average molecular weight is 418 g/mol. The van der Waals surface area contributed by atoms with Crippen molar-refractivity contribution >= 4 is 11.6 Å². The Labute approximate surface area is 187 Å². The summed E-state index contributed by atoms with van der Waals surface area (Å²) in [6.07, 6.45) is 0. The largest absolute Gasteiger partial charge is 0.457 e. The lowest BCUT2D eigenvalue weighted by Crippen LogP contribution is -2.48. The number of hydrogen-bond donors (Lipinski definition) is 0. The Hall–Kier alpha value is -3.85. The Morgan fingerprint density at radius 3 is 1.94 bits per heavy atom. The van der Waals surface area contributed by atoms with Crippen LogP contribution in [-0.2, 0) is 5.54 Å². The molecular formula is C29H23NO2. The highest BCUT2D eigenvalue weighted by atomic mass is 16.5. The highest BCUT2D eigenvalue weighted by Gasteiger charge is 2.57. The van der Waals surface area contributed by atoms with E-state index < -0.39 is 5.54 Å². The smallest absolute Gasteiger partial charge is 0.260 e. The van der Waals surface area contributed by atoms with E-state index in [1.165, 1.54) is 0 Å². The number of fused-ring (bicyclic) bond motifs is 6. The van der Waals surface area contributed by atoms with Gasteiger partial charge in [0.2, 0.25) is 0 Å². The second-order valence-corrected chi connectivity index (χ2v) is 8.78. The molecule has 0 aliphatic carbocycles. The maximum Gasteiger partial charge on any atom is 0.260 e. The number of benzene rings is 4. The van der Waals surface area contributed by atoms with Gasteiger partial charge in [0.1, 0.15) is 17.0 Å². The quantitative estimate of drug-likeness (QED) is 0.346. The zero-order chi connectivity index (χ0) is 22.0. The van der Waals surface area contributed by atoms with Crippen molar-refractivity contribution in [2.75, 3.05) is 4.90 Å². The number of rotatable bonds is 1. The maximum absolute atomic E-state index is 14.1. The van der Waals surface area contributed by atoms with E-state index in [1.807, 2.05) is 41.3 Å². The first-order chi connectivity index (χ1) is 15.5. The van der Waals surface area contributed by atoms with Crippen molar-refractivity contribution in [3.8, 4) is 11.5 Å². The van der Waals surface area contributed by atoms with Crippen molar-refractivity contribution < 1.29 is 9.53 Å². The molecule has 0 saturated heterocycles. The molecule has 3 nitrogen and oxygen atoms in total. The van der Waals surface area contributed by atoms with Gasteiger partial charge in [0.25, 0.3) is 5.91 Å². The molecule has 3 heteroatoms. The molecule has 32 heavy (non-hydrogen) atoms. The molecule has 1 spiro atoms. The van der Waals surface area contributed by atoms with Crippen LogP contribution in [0.1, 0.15) is 43.7 Å². The zero-order valence-electron chi connectivity index (χ0n) is 18.3. The number of ether oxygens (including phenoxy) is 1. The topological polar surface area (TPSA) is 29.5 Å². The van der Waals surface area contributed by atoms with Crippen molar-refractivity contribution in [1.82, 2.24) is 0 Å². The molecule has 156 valence electrons. The first kappa shape index (κ1) is 18.9. The minimum absolute atomic E-state index is 0.00912. The number of aryl methyl sites for hydroxylation is 3. The van der Waals surface area contributed by atoms with Crippen molar-refractivity contribution in [2.24, 2.45) is 0 Å². The highest BCUT2D eigenvalue weighted by Crippen LogP contribution is 2.58. The van der Waals surface area contributed by atoms with Crippen LogP contribution in [0.25, 0.3) is 0 Å². The molecule has 1 amide bonds. The summed E-state index contributed by atoms with van der Waals surface area (Å²) in [5.74, 6) is 1.60. The number of carbonyl (C=O) groups excluding carboxylic acids is 1. The van der Waals surface area contributed by atoms with E-state index in [1.54, 1.807) is 0 Å². The predicted octanol–water partition coefficient (Wildman–Crippen LogP) is 6.67. The summed E-state index contributed by atoms with van der Waals surface area (Å²) in [7, 11) is 0. The van der Waals surface area contributed by atoms with Gasteiger partial charge in [-0.2, -0.15) is 0 Å². The van der Waals surface area contributed by atoms with Gasteiger partial charge in [-0.1, -0.05) is 60.7 Å². The van der Waals surface area contributed by atoms with Gasteiger partial charge in [0, 0.05) is 27.9 Å². The van der Waals surface area contributed by atoms with Crippen LogP contribution in [0, 0.1) is 20.8 Å². The fourth-order valence-electron chi connectivity index (χ4n) is 5.30. The van der Waals surface area contributed by atoms with E-state index in [2.05, 4.69) is 69.3 Å². The molecule has 2 aliphatic heterocycles. The van der Waals surface area contributed by atoms with E-state index in [-0.39, 0.29) is 5.91 Å². The standard InChI is InChI=1S/C29H23NO2/c1-18-12-14-23-26(16-18)32-27-17-19(2)13-15-24(27)29(23)22-10-6-5-9-21(22)28(31)30(29)25-11-7-4-8-20(25)3/h4-17H,1-3H3. The molecule has 0 aromatic heterocycles. The van der Waals surface area contributed by atoms with Crippen molar-refractivity contribution in [3.05, 3.63) is 124 Å². The third kappa shape index (κ3) is 2.34. The molecule has 0 fully saturated rings. The van der Waals surface area contributed by atoms with Gasteiger partial charge in [-0.15, -0.1) is 0 Å². The minimum atomic E-state index is -0.801. The highest BCUT2D eigenvalue weighted by molar-refractivity contribution is 6.14. The van der Waals surface area contributed by atoms with Crippen LogP contribution in [0.2, 0.25) is 0 Å². The lowest BCUT2D eigenvalue weighted by molar-refractivity contribution is 0.0985. The van der Waals surface area contributed by atoms with Gasteiger partial charge in [-0.05, 0) is 61.7 Å². The summed E-state index contributed by atoms with van der Waals surface area (Å²) in [6.45, 7) is 6.19. The molecular weight excluding hydrogens is 394 g/mol. The van der Waals surface area contributed by atoms with E-state index in [9.17, 15) is 4.79 Å². The first-order valence-electron chi connectivity index (χ1n) is 10.9. The monoisotopic (exact) mass is 417 g/mol. The third-order valence-corrected chi connectivity index (χ3v) is 6.72. The summed E-state index contributed by atoms with van der Waals surface area (Å²) in [5.41, 5.74) is 7.11. The molecule has 2 heterocycles. The summed E-state index contributed by atoms with van der Waals surface area (Å²) in [5, 5.41) is 0. The lowest BCUT2D eigenvalue weighted by Gasteiger charge is -2.44. The Kier molecular flexibility index (Phi) is 3.88. The minimum Gasteiger partial charge on any atom is -0.457 e. The molecule has 4 aromatic rings. The SMILES string of the molecule is Cc1ccc2c(c1)Oc1cc(C)ccc1C21c2ccccc2C(=O)N1c1ccccc1C. The van der Waals surface area contributed by atoms with Gasteiger partial charge >= 0.3 is 0 Å². The molecule has 4 aromatic carbocycles. The summed E-state index contributed by atoms with van der Waals surface area (Å²) < 4.78 is 6.45. The van der Waals surface area contributed by atoms with Gasteiger partial charge in [0.15, 0.2) is 0 Å². The van der Waals surface area contributed by atoms with E-state index in [0.29, 0.717) is 0 Å². The summed E-state index contributed by atoms with van der Waals surface area (Å²) >= 11 is 0. The Morgan fingerprint density at radius 1 is 0.688 bits per heavy atom. The van der Waals surface area contributed by atoms with Gasteiger partial charge < -0.3 is 4.74 Å². The summed E-state index contributed by atoms with van der Waals surface area (Å²) in [6, 6.07) is 28.7. The van der Waals surface area contributed by atoms with Crippen LogP contribution in [0.15, 0.2) is 84.9 Å². The normalized spacial score (nSPS) is 15.2. The van der Waals surface area contributed by atoms with Crippen molar-refractivity contribution in [2.45, 2.75) is 26.3 Å². The Morgan fingerprint density at radius 2 is 1.28 bits per heavy atom. The van der Waals surface area contributed by atoms with E-state index >= 15 is 0 Å². The van der Waals surface area contributed by atoms with Crippen molar-refractivity contribution in [1.29, 1.82) is 0 Å². The van der Waals surface area contributed by atoms with Crippen LogP contribution in [0.4, 0.5) is 5.69 Å². The second-order valence-electron chi connectivity index (χ2n) is 8.78. The molecule has 2 aliphatic rings. The lowest BCUT2D eigenvalue weighted by atomic mass is 9.74.